The van der Waals surface area contributed by atoms with Gasteiger partial charge in [0.2, 0.25) is 0 Å². The maximum atomic E-state index is 9.13. The number of hydrogen-bond acceptors (Lipinski definition) is 5. The highest BCUT2D eigenvalue weighted by Crippen LogP contribution is 2.24. The molecule has 1 aromatic carbocycles. The second kappa shape index (κ2) is 6.15. The highest BCUT2D eigenvalue weighted by molar-refractivity contribution is 5.38. The molecule has 0 unspecified atom stereocenters. The van der Waals surface area contributed by atoms with Gasteiger partial charge in [-0.1, -0.05) is 12.1 Å². The van der Waals surface area contributed by atoms with Crippen LogP contribution in [0.2, 0.25) is 0 Å². The topological polar surface area (TPSA) is 62.2 Å². The smallest absolute Gasteiger partial charge is 0.178 e. The normalized spacial score (nSPS) is 17.1. The first-order valence-electron chi connectivity index (χ1n) is 6.04. The van der Waals surface area contributed by atoms with Crippen molar-refractivity contribution in [3.8, 4) is 5.75 Å². The van der Waals surface area contributed by atoms with E-state index in [-0.39, 0.29) is 0 Å². The minimum absolute atomic E-state index is 0.442. The van der Waals surface area contributed by atoms with Gasteiger partial charge in [-0.25, -0.2) is 0 Å². The molecule has 5 heteroatoms. The van der Waals surface area contributed by atoms with Gasteiger partial charge in [0.05, 0.1) is 20.3 Å². The van der Waals surface area contributed by atoms with Gasteiger partial charge in [0.15, 0.2) is 6.29 Å². The van der Waals surface area contributed by atoms with E-state index in [1.165, 1.54) is 0 Å². The molecule has 0 radical (unpaired) electrons. The maximum absolute atomic E-state index is 9.13. The van der Waals surface area contributed by atoms with Crippen molar-refractivity contribution in [3.05, 3.63) is 29.3 Å². The van der Waals surface area contributed by atoms with Gasteiger partial charge in [0, 0.05) is 30.8 Å². The maximum Gasteiger partial charge on any atom is 0.178 e. The summed E-state index contributed by atoms with van der Waals surface area (Å²) in [4.78, 5) is 2.29. The molecule has 1 aromatic rings. The Labute approximate surface area is 107 Å². The molecule has 2 rings (SSSR count). The minimum Gasteiger partial charge on any atom is -0.496 e. The van der Waals surface area contributed by atoms with E-state index in [0.29, 0.717) is 11.3 Å². The Morgan fingerprint density at radius 2 is 2.06 bits per heavy atom. The summed E-state index contributed by atoms with van der Waals surface area (Å²) in [5, 5.41) is 18.3. The van der Waals surface area contributed by atoms with Crippen LogP contribution in [0.25, 0.3) is 0 Å². The highest BCUT2D eigenvalue weighted by atomic mass is 16.5. The van der Waals surface area contributed by atoms with Crippen LogP contribution in [0.3, 0.4) is 0 Å². The van der Waals surface area contributed by atoms with Crippen LogP contribution in [0.5, 0.6) is 5.75 Å². The summed E-state index contributed by atoms with van der Waals surface area (Å²) >= 11 is 0. The monoisotopic (exact) mass is 253 g/mol. The molecule has 0 saturated carbocycles. The Hall–Kier alpha value is -1.14. The Kier molecular flexibility index (Phi) is 4.54. The quantitative estimate of drug-likeness (QED) is 0.766. The van der Waals surface area contributed by atoms with Gasteiger partial charge in [0.1, 0.15) is 5.75 Å². The zero-order valence-electron chi connectivity index (χ0n) is 10.5. The molecule has 0 atom stereocenters. The van der Waals surface area contributed by atoms with E-state index < -0.39 is 6.29 Å². The van der Waals surface area contributed by atoms with E-state index >= 15 is 0 Å². The molecule has 1 aliphatic rings. The molecule has 1 heterocycles. The number of morpholine rings is 1. The molecule has 5 nitrogen and oxygen atoms in total. The molecule has 0 aliphatic carbocycles. The predicted octanol–water partition coefficient (Wildman–Crippen LogP) is 0.511. The van der Waals surface area contributed by atoms with Crippen molar-refractivity contribution in [1.29, 1.82) is 0 Å². The molecule has 1 saturated heterocycles. The standard InChI is InChI=1S/C13H19NO4/c1-17-12-8-10(13(15)16)2-3-11(12)9-14-4-6-18-7-5-14/h2-3,8,13,15-16H,4-7,9H2,1H3. The molecule has 0 aromatic heterocycles. The zero-order valence-corrected chi connectivity index (χ0v) is 10.5. The molecule has 0 amide bonds. The van der Waals surface area contributed by atoms with Crippen LogP contribution in [0.4, 0.5) is 0 Å². The van der Waals surface area contributed by atoms with Crippen molar-refractivity contribution in [2.45, 2.75) is 12.8 Å². The predicted molar refractivity (Wildman–Crippen MR) is 66.3 cm³/mol. The van der Waals surface area contributed by atoms with E-state index in [1.807, 2.05) is 6.07 Å². The van der Waals surface area contributed by atoms with Crippen molar-refractivity contribution in [2.24, 2.45) is 0 Å². The lowest BCUT2D eigenvalue weighted by atomic mass is 10.1. The molecular weight excluding hydrogens is 234 g/mol. The third-order valence-corrected chi connectivity index (χ3v) is 3.11. The van der Waals surface area contributed by atoms with Crippen molar-refractivity contribution in [2.75, 3.05) is 33.4 Å². The van der Waals surface area contributed by atoms with Crippen LogP contribution < -0.4 is 4.74 Å². The van der Waals surface area contributed by atoms with Gasteiger partial charge < -0.3 is 19.7 Å². The number of hydrogen-bond donors (Lipinski definition) is 2. The average molecular weight is 253 g/mol. The Morgan fingerprint density at radius 3 is 2.67 bits per heavy atom. The van der Waals surface area contributed by atoms with Crippen molar-refractivity contribution < 1.29 is 19.7 Å². The van der Waals surface area contributed by atoms with Crippen LogP contribution in [0, 0.1) is 0 Å². The van der Waals surface area contributed by atoms with Crippen molar-refractivity contribution in [3.63, 3.8) is 0 Å². The zero-order chi connectivity index (χ0) is 13.0. The van der Waals surface area contributed by atoms with Crippen LogP contribution in [0.1, 0.15) is 17.4 Å². The second-order valence-corrected chi connectivity index (χ2v) is 4.33. The number of aliphatic hydroxyl groups excluding tert-OH is 1. The van der Waals surface area contributed by atoms with E-state index in [9.17, 15) is 0 Å². The lowest BCUT2D eigenvalue weighted by Crippen LogP contribution is -2.35. The first kappa shape index (κ1) is 13.3. The van der Waals surface area contributed by atoms with Crippen molar-refractivity contribution >= 4 is 0 Å². The molecule has 1 aliphatic heterocycles. The van der Waals surface area contributed by atoms with Gasteiger partial charge in [-0.3, -0.25) is 4.90 Å². The van der Waals surface area contributed by atoms with Crippen LogP contribution in [-0.2, 0) is 11.3 Å². The minimum atomic E-state index is -1.46. The summed E-state index contributed by atoms with van der Waals surface area (Å²) in [6, 6.07) is 5.26. The van der Waals surface area contributed by atoms with Crippen LogP contribution >= 0.6 is 0 Å². The largest absolute Gasteiger partial charge is 0.496 e. The number of benzene rings is 1. The third-order valence-electron chi connectivity index (χ3n) is 3.11. The van der Waals surface area contributed by atoms with Crippen LogP contribution in [0.15, 0.2) is 18.2 Å². The summed E-state index contributed by atoms with van der Waals surface area (Å²) in [7, 11) is 1.59. The lowest BCUT2D eigenvalue weighted by Gasteiger charge is -2.27. The van der Waals surface area contributed by atoms with E-state index in [0.717, 1.165) is 38.4 Å². The Bertz CT molecular complexity index is 389. The molecule has 1 fully saturated rings. The van der Waals surface area contributed by atoms with Gasteiger partial charge in [-0.2, -0.15) is 0 Å². The highest BCUT2D eigenvalue weighted by Gasteiger charge is 2.14. The third kappa shape index (κ3) is 3.20. The number of nitrogens with zero attached hydrogens (tertiary/aromatic N) is 1. The van der Waals surface area contributed by atoms with Gasteiger partial charge in [-0.05, 0) is 6.07 Å². The summed E-state index contributed by atoms with van der Waals surface area (Å²) in [6.07, 6.45) is -1.46. The average Bonchev–Trinajstić information content (AvgIpc) is 2.40. The molecule has 100 valence electrons. The van der Waals surface area contributed by atoms with E-state index in [4.69, 9.17) is 19.7 Å². The number of aliphatic hydroxyl groups is 2. The number of rotatable bonds is 4. The first-order chi connectivity index (χ1) is 8.70. The SMILES string of the molecule is COc1cc(C(O)O)ccc1CN1CCOCC1. The number of methoxy groups -OCH3 is 1. The summed E-state index contributed by atoms with van der Waals surface area (Å²) in [6.45, 7) is 4.13. The fraction of sp³-hybridized carbons (Fsp3) is 0.538. The second-order valence-electron chi connectivity index (χ2n) is 4.33. The molecule has 0 bridgehead atoms. The lowest BCUT2D eigenvalue weighted by molar-refractivity contribution is -0.0426. The van der Waals surface area contributed by atoms with Gasteiger partial charge >= 0.3 is 0 Å². The van der Waals surface area contributed by atoms with E-state index in [1.54, 1.807) is 19.2 Å². The molecule has 18 heavy (non-hydrogen) atoms. The summed E-state index contributed by atoms with van der Waals surface area (Å²) in [5.74, 6) is 0.687. The summed E-state index contributed by atoms with van der Waals surface area (Å²) in [5.41, 5.74) is 1.49. The number of ether oxygens (including phenoxy) is 2. The van der Waals surface area contributed by atoms with E-state index in [2.05, 4.69) is 4.90 Å². The fourth-order valence-corrected chi connectivity index (χ4v) is 2.05. The molecule has 0 spiro atoms. The van der Waals surface area contributed by atoms with Gasteiger partial charge in [0.25, 0.3) is 0 Å². The van der Waals surface area contributed by atoms with Gasteiger partial charge in [-0.15, -0.1) is 0 Å². The molecule has 2 N–H and O–H groups in total. The molecular formula is C13H19NO4. The Balaban J connectivity index is 2.11. The van der Waals surface area contributed by atoms with Crippen LogP contribution in [-0.4, -0.2) is 48.5 Å². The summed E-state index contributed by atoms with van der Waals surface area (Å²) < 4.78 is 10.6. The fourth-order valence-electron chi connectivity index (χ4n) is 2.05. The Morgan fingerprint density at radius 1 is 1.33 bits per heavy atom. The first-order valence-corrected chi connectivity index (χ1v) is 6.04. The van der Waals surface area contributed by atoms with Crippen molar-refractivity contribution in [1.82, 2.24) is 4.90 Å².